The van der Waals surface area contributed by atoms with Gasteiger partial charge in [-0.1, -0.05) is 0 Å². The molecule has 0 radical (unpaired) electrons. The van der Waals surface area contributed by atoms with E-state index in [-0.39, 0.29) is 17.4 Å². The third-order valence-electron chi connectivity index (χ3n) is 3.27. The summed E-state index contributed by atoms with van der Waals surface area (Å²) < 4.78 is 24.2. The van der Waals surface area contributed by atoms with Crippen LogP contribution in [0.3, 0.4) is 0 Å². The van der Waals surface area contributed by atoms with E-state index in [1.807, 2.05) is 0 Å². The van der Waals surface area contributed by atoms with Crippen molar-refractivity contribution in [1.29, 1.82) is 0 Å². The predicted octanol–water partition coefficient (Wildman–Crippen LogP) is -0.439. The molecule has 0 aliphatic carbocycles. The van der Waals surface area contributed by atoms with Gasteiger partial charge in [-0.25, -0.2) is 12.7 Å². The molecule has 120 valence electrons. The molecule has 21 heavy (non-hydrogen) atoms. The maximum absolute atomic E-state index is 12.1. The van der Waals surface area contributed by atoms with Gasteiger partial charge in [0, 0.05) is 39.4 Å². The van der Waals surface area contributed by atoms with Crippen molar-refractivity contribution < 1.29 is 18.0 Å². The Bertz CT molecular complexity index is 532. The Kier molecular flexibility index (Phi) is 5.91. The minimum Gasteiger partial charge on any atom is -0.383 e. The zero-order chi connectivity index (χ0) is 16.2. The molecule has 0 aromatic carbocycles. The van der Waals surface area contributed by atoms with Crippen molar-refractivity contribution in [3.63, 3.8) is 0 Å². The van der Waals surface area contributed by atoms with E-state index in [2.05, 4.69) is 5.32 Å². The third-order valence-corrected chi connectivity index (χ3v) is 4.57. The summed E-state index contributed by atoms with van der Waals surface area (Å²) in [5.74, 6) is -0.705. The van der Waals surface area contributed by atoms with Gasteiger partial charge in [-0.15, -0.1) is 0 Å². The highest BCUT2D eigenvalue weighted by atomic mass is 32.2. The number of ketones is 1. The van der Waals surface area contributed by atoms with Gasteiger partial charge in [0.05, 0.1) is 11.8 Å². The molecule has 1 rings (SSSR count). The first-order chi connectivity index (χ1) is 9.61. The van der Waals surface area contributed by atoms with Crippen molar-refractivity contribution in [2.45, 2.75) is 25.8 Å². The lowest BCUT2D eigenvalue weighted by molar-refractivity contribution is -0.122. The summed E-state index contributed by atoms with van der Waals surface area (Å²) in [6.07, 6.45) is 3.76. The normalized spacial score (nSPS) is 18.4. The third kappa shape index (κ3) is 5.47. The summed E-state index contributed by atoms with van der Waals surface area (Å²) in [5, 5.41) is 2.80. The lowest BCUT2D eigenvalue weighted by Crippen LogP contribution is -2.47. The Labute approximate surface area is 126 Å². The van der Waals surface area contributed by atoms with Crippen molar-refractivity contribution in [2.75, 3.05) is 33.4 Å². The molecule has 0 aromatic rings. The summed E-state index contributed by atoms with van der Waals surface area (Å²) >= 11 is 0. The molecule has 1 saturated heterocycles. The second kappa shape index (κ2) is 7.04. The maximum Gasteiger partial charge on any atom is 0.256 e. The number of carbonyl (C=O) groups excluding carboxylic acids is 2. The van der Waals surface area contributed by atoms with Crippen molar-refractivity contribution >= 4 is 21.7 Å². The zero-order valence-electron chi connectivity index (χ0n) is 12.9. The fourth-order valence-corrected chi connectivity index (χ4v) is 3.04. The number of hydrogen-bond donors (Lipinski definition) is 1. The summed E-state index contributed by atoms with van der Waals surface area (Å²) in [7, 11) is 0.299. The van der Waals surface area contributed by atoms with Gasteiger partial charge >= 0.3 is 0 Å². The quantitative estimate of drug-likeness (QED) is 0.422. The molecular formula is C13H23N3O4S. The summed E-state index contributed by atoms with van der Waals surface area (Å²) in [6.45, 7) is 2.12. The fourth-order valence-electron chi connectivity index (χ4n) is 2.16. The average Bonchev–Trinajstić information content (AvgIpc) is 2.34. The predicted molar refractivity (Wildman–Crippen MR) is 80.0 cm³/mol. The van der Waals surface area contributed by atoms with Gasteiger partial charge in [-0.2, -0.15) is 0 Å². The first-order valence-electron chi connectivity index (χ1n) is 6.76. The molecule has 1 N–H and O–H groups in total. The summed E-state index contributed by atoms with van der Waals surface area (Å²) in [5.41, 5.74) is 0.102. The van der Waals surface area contributed by atoms with Crippen LogP contribution in [0.5, 0.6) is 0 Å². The fraction of sp³-hybridized carbons (Fsp3) is 0.692. The first kappa shape index (κ1) is 17.6. The number of rotatable bonds is 5. The van der Waals surface area contributed by atoms with Crippen LogP contribution < -0.4 is 5.32 Å². The van der Waals surface area contributed by atoms with Crippen LogP contribution in [0.4, 0.5) is 0 Å². The molecule has 8 heteroatoms. The number of Topliss-reactive ketones (excluding diaryl/α,β-unsaturated/α-hetero) is 1. The van der Waals surface area contributed by atoms with Crippen LogP contribution in [0.25, 0.3) is 0 Å². The van der Waals surface area contributed by atoms with Gasteiger partial charge in [0.15, 0.2) is 5.78 Å². The molecule has 0 atom stereocenters. The Morgan fingerprint density at radius 1 is 1.24 bits per heavy atom. The highest BCUT2D eigenvalue weighted by molar-refractivity contribution is 7.88. The Morgan fingerprint density at radius 2 is 1.76 bits per heavy atom. The van der Waals surface area contributed by atoms with Crippen LogP contribution in [0.2, 0.25) is 0 Å². The topological polar surface area (TPSA) is 86.8 Å². The van der Waals surface area contributed by atoms with Gasteiger partial charge in [0.25, 0.3) is 5.91 Å². The second-order valence-electron chi connectivity index (χ2n) is 5.47. The minimum absolute atomic E-state index is 0.102. The molecule has 0 spiro atoms. The van der Waals surface area contributed by atoms with E-state index in [0.29, 0.717) is 25.9 Å². The van der Waals surface area contributed by atoms with E-state index in [0.717, 1.165) is 0 Å². The van der Waals surface area contributed by atoms with Gasteiger partial charge in [-0.3, -0.25) is 9.59 Å². The van der Waals surface area contributed by atoms with E-state index in [4.69, 9.17) is 0 Å². The minimum atomic E-state index is -3.17. The van der Waals surface area contributed by atoms with Crippen LogP contribution in [0.1, 0.15) is 19.8 Å². The molecule has 0 aromatic heterocycles. The summed E-state index contributed by atoms with van der Waals surface area (Å²) in [6, 6.07) is -0.111. The number of nitrogens with zero attached hydrogens (tertiary/aromatic N) is 2. The van der Waals surface area contributed by atoms with Crippen LogP contribution >= 0.6 is 0 Å². The van der Waals surface area contributed by atoms with E-state index in [9.17, 15) is 18.0 Å². The Hall–Kier alpha value is -1.41. The lowest BCUT2D eigenvalue weighted by Gasteiger charge is -2.30. The van der Waals surface area contributed by atoms with Crippen LogP contribution in [0, 0.1) is 0 Å². The monoisotopic (exact) mass is 317 g/mol. The second-order valence-corrected chi connectivity index (χ2v) is 7.45. The van der Waals surface area contributed by atoms with Crippen molar-refractivity contribution in [3.05, 3.63) is 11.8 Å². The molecule has 0 unspecified atom stereocenters. The molecule has 0 bridgehead atoms. The van der Waals surface area contributed by atoms with E-state index >= 15 is 0 Å². The van der Waals surface area contributed by atoms with Crippen LogP contribution in [0.15, 0.2) is 11.8 Å². The van der Waals surface area contributed by atoms with Crippen molar-refractivity contribution in [2.24, 2.45) is 0 Å². The number of nitrogens with one attached hydrogen (secondary N) is 1. The molecule has 0 saturated carbocycles. The summed E-state index contributed by atoms with van der Waals surface area (Å²) in [4.78, 5) is 25.3. The van der Waals surface area contributed by atoms with Crippen molar-refractivity contribution in [1.82, 2.24) is 14.5 Å². The maximum atomic E-state index is 12.1. The Balaban J connectivity index is 2.63. The number of amides is 1. The zero-order valence-corrected chi connectivity index (χ0v) is 13.7. The standard InChI is InChI=1S/C13H23N3O4S/c1-10(17)12(9-15(2)3)13(18)14-11-5-7-16(8-6-11)21(4,19)20/h9,11H,5-8H2,1-4H3,(H,14,18)/b12-9+. The molecule has 1 aliphatic rings. The number of piperidine rings is 1. The SMILES string of the molecule is CC(=O)/C(=C\N(C)C)C(=O)NC1CCN(S(C)(=O)=O)CC1. The largest absolute Gasteiger partial charge is 0.383 e. The number of hydrogen-bond acceptors (Lipinski definition) is 5. The first-order valence-corrected chi connectivity index (χ1v) is 8.61. The van der Waals surface area contributed by atoms with Gasteiger partial charge in [0.1, 0.15) is 0 Å². The lowest BCUT2D eigenvalue weighted by atomic mass is 10.1. The molecule has 7 nitrogen and oxygen atoms in total. The van der Waals surface area contributed by atoms with E-state index in [1.165, 1.54) is 23.7 Å². The van der Waals surface area contributed by atoms with Crippen LogP contribution in [-0.2, 0) is 19.6 Å². The Morgan fingerprint density at radius 3 is 2.14 bits per heavy atom. The van der Waals surface area contributed by atoms with Gasteiger partial charge in [0.2, 0.25) is 10.0 Å². The molecule has 1 amide bonds. The molecule has 1 fully saturated rings. The van der Waals surface area contributed by atoms with E-state index in [1.54, 1.807) is 19.0 Å². The van der Waals surface area contributed by atoms with Gasteiger partial charge in [-0.05, 0) is 19.8 Å². The molecule has 1 aliphatic heterocycles. The number of sulfonamides is 1. The average molecular weight is 317 g/mol. The highest BCUT2D eigenvalue weighted by Crippen LogP contribution is 2.13. The van der Waals surface area contributed by atoms with Crippen molar-refractivity contribution in [3.8, 4) is 0 Å². The number of carbonyl (C=O) groups is 2. The smallest absolute Gasteiger partial charge is 0.256 e. The van der Waals surface area contributed by atoms with Crippen LogP contribution in [-0.4, -0.2) is 68.8 Å². The van der Waals surface area contributed by atoms with Gasteiger partial charge < -0.3 is 10.2 Å². The molecule has 1 heterocycles. The molecular weight excluding hydrogens is 294 g/mol. The van der Waals surface area contributed by atoms with E-state index < -0.39 is 15.9 Å². The highest BCUT2D eigenvalue weighted by Gasteiger charge is 2.27.